The monoisotopic (exact) mass is 233 g/mol. The normalized spacial score (nSPS) is 20.2. The van der Waals surface area contributed by atoms with Crippen LogP contribution in [0.2, 0.25) is 0 Å². The predicted octanol–water partition coefficient (Wildman–Crippen LogP) is 1.30. The van der Waals surface area contributed by atoms with Crippen molar-refractivity contribution in [3.8, 4) is 0 Å². The quantitative estimate of drug-likeness (QED) is 0.747. The Hall–Kier alpha value is -0.340. The van der Waals surface area contributed by atoms with Gasteiger partial charge in [-0.05, 0) is 12.8 Å². The standard InChI is InChI=1S/C6H10F3NO3S/c7-6(8,9)14(11,12)10-13-5-3-1-2-4-5/h5,10H,1-4H2. The first-order chi connectivity index (χ1) is 6.33. The molecule has 0 atom stereocenters. The summed E-state index contributed by atoms with van der Waals surface area (Å²) in [5, 5.41) is 0. The number of nitrogens with one attached hydrogen (secondary N) is 1. The SMILES string of the molecule is O=S(=O)(NOC1CCCC1)C(F)(F)F. The lowest BCUT2D eigenvalue weighted by Gasteiger charge is -2.13. The third-order valence-corrected chi connectivity index (χ3v) is 2.86. The van der Waals surface area contributed by atoms with Crippen LogP contribution < -0.4 is 4.89 Å². The second-order valence-electron chi connectivity index (χ2n) is 3.06. The summed E-state index contributed by atoms with van der Waals surface area (Å²) in [5.74, 6) is 0. The maximum atomic E-state index is 11.8. The first-order valence-electron chi connectivity index (χ1n) is 4.06. The Morgan fingerprint density at radius 2 is 1.71 bits per heavy atom. The van der Waals surface area contributed by atoms with Crippen LogP contribution in [0.25, 0.3) is 0 Å². The van der Waals surface area contributed by atoms with Crippen LogP contribution in [0.5, 0.6) is 0 Å². The van der Waals surface area contributed by atoms with Gasteiger partial charge in [0.15, 0.2) is 0 Å². The molecule has 1 fully saturated rings. The van der Waals surface area contributed by atoms with E-state index in [9.17, 15) is 21.6 Å². The van der Waals surface area contributed by atoms with Gasteiger partial charge in [0.05, 0.1) is 6.10 Å². The van der Waals surface area contributed by atoms with Gasteiger partial charge in [-0.3, -0.25) is 4.84 Å². The Bertz CT molecular complexity index is 281. The van der Waals surface area contributed by atoms with E-state index >= 15 is 0 Å². The Balaban J connectivity index is 2.44. The summed E-state index contributed by atoms with van der Waals surface area (Å²) in [7, 11) is -5.36. The number of halogens is 3. The molecule has 14 heavy (non-hydrogen) atoms. The van der Waals surface area contributed by atoms with Crippen molar-refractivity contribution in [3.63, 3.8) is 0 Å². The van der Waals surface area contributed by atoms with Crippen molar-refractivity contribution in [2.24, 2.45) is 0 Å². The van der Waals surface area contributed by atoms with Crippen LogP contribution in [-0.2, 0) is 14.9 Å². The number of rotatable bonds is 3. The Labute approximate surface area is 79.4 Å². The van der Waals surface area contributed by atoms with Crippen molar-refractivity contribution in [3.05, 3.63) is 0 Å². The van der Waals surface area contributed by atoms with Crippen molar-refractivity contribution < 1.29 is 26.4 Å². The molecule has 1 N–H and O–H groups in total. The minimum absolute atomic E-state index is 0.438. The van der Waals surface area contributed by atoms with Gasteiger partial charge in [0.2, 0.25) is 0 Å². The molecular weight excluding hydrogens is 223 g/mol. The van der Waals surface area contributed by atoms with Crippen LogP contribution in [0, 0.1) is 0 Å². The molecule has 0 aliphatic heterocycles. The summed E-state index contributed by atoms with van der Waals surface area (Å²) in [4.78, 5) is 5.52. The molecule has 1 rings (SSSR count). The van der Waals surface area contributed by atoms with Gasteiger partial charge in [-0.2, -0.15) is 13.2 Å². The maximum absolute atomic E-state index is 11.8. The third-order valence-electron chi connectivity index (χ3n) is 1.93. The molecule has 0 heterocycles. The molecule has 0 unspecified atom stereocenters. The molecule has 1 aliphatic rings. The smallest absolute Gasteiger partial charge is 0.284 e. The van der Waals surface area contributed by atoms with Crippen molar-refractivity contribution in [1.29, 1.82) is 0 Å². The van der Waals surface area contributed by atoms with Crippen molar-refractivity contribution in [2.45, 2.75) is 37.3 Å². The molecule has 1 saturated carbocycles. The zero-order valence-corrected chi connectivity index (χ0v) is 7.99. The number of alkyl halides is 3. The highest BCUT2D eigenvalue weighted by Crippen LogP contribution is 2.24. The van der Waals surface area contributed by atoms with E-state index < -0.39 is 21.6 Å². The molecule has 0 aromatic heterocycles. The summed E-state index contributed by atoms with van der Waals surface area (Å²) in [6.45, 7) is 0. The van der Waals surface area contributed by atoms with Gasteiger partial charge in [-0.1, -0.05) is 17.7 Å². The molecule has 0 bridgehead atoms. The third kappa shape index (κ3) is 2.82. The van der Waals surface area contributed by atoms with Crippen LogP contribution in [0.4, 0.5) is 13.2 Å². The van der Waals surface area contributed by atoms with Crippen molar-refractivity contribution in [1.82, 2.24) is 4.89 Å². The average Bonchev–Trinajstić information content (AvgIpc) is 2.50. The number of hydrogen-bond acceptors (Lipinski definition) is 3. The first kappa shape index (κ1) is 11.7. The van der Waals surface area contributed by atoms with Crippen LogP contribution in [0.15, 0.2) is 0 Å². The molecule has 8 heteroatoms. The fourth-order valence-corrected chi connectivity index (χ4v) is 1.54. The van der Waals surface area contributed by atoms with Gasteiger partial charge in [0, 0.05) is 0 Å². The molecule has 0 amide bonds. The summed E-state index contributed by atoms with van der Waals surface area (Å²) < 4.78 is 56.2. The highest BCUT2D eigenvalue weighted by molar-refractivity contribution is 7.90. The molecule has 0 aromatic rings. The first-order valence-corrected chi connectivity index (χ1v) is 5.55. The second kappa shape index (κ2) is 4.03. The lowest BCUT2D eigenvalue weighted by Crippen LogP contribution is -2.38. The largest absolute Gasteiger partial charge is 0.513 e. The number of sulfonamides is 1. The van der Waals surface area contributed by atoms with Gasteiger partial charge < -0.3 is 0 Å². The zero-order chi connectivity index (χ0) is 10.8. The van der Waals surface area contributed by atoms with Gasteiger partial charge in [-0.25, -0.2) is 8.42 Å². The van der Waals surface area contributed by atoms with Gasteiger partial charge in [-0.15, -0.1) is 0 Å². The van der Waals surface area contributed by atoms with E-state index in [4.69, 9.17) is 0 Å². The molecular formula is C6H10F3NO3S. The molecule has 0 spiro atoms. The zero-order valence-electron chi connectivity index (χ0n) is 7.17. The lowest BCUT2D eigenvalue weighted by molar-refractivity contribution is -0.0569. The van der Waals surface area contributed by atoms with E-state index in [0.717, 1.165) is 17.7 Å². The van der Waals surface area contributed by atoms with Crippen LogP contribution >= 0.6 is 0 Å². The summed E-state index contributed by atoms with van der Waals surface area (Å²) in [6.07, 6.45) is 2.42. The second-order valence-corrected chi connectivity index (χ2v) is 4.69. The molecule has 84 valence electrons. The predicted molar refractivity (Wildman–Crippen MR) is 41.5 cm³/mol. The van der Waals surface area contributed by atoms with Gasteiger partial charge in [0.25, 0.3) is 0 Å². The highest BCUT2D eigenvalue weighted by atomic mass is 32.2. The summed E-state index contributed by atoms with van der Waals surface area (Å²) in [5.41, 5.74) is -5.31. The minimum Gasteiger partial charge on any atom is -0.284 e. The molecule has 0 radical (unpaired) electrons. The summed E-state index contributed by atoms with van der Waals surface area (Å²) >= 11 is 0. The van der Waals surface area contributed by atoms with Crippen molar-refractivity contribution in [2.75, 3.05) is 0 Å². The maximum Gasteiger partial charge on any atom is 0.513 e. The highest BCUT2D eigenvalue weighted by Gasteiger charge is 2.46. The van der Waals surface area contributed by atoms with Crippen molar-refractivity contribution >= 4 is 10.0 Å². The molecule has 4 nitrogen and oxygen atoms in total. The van der Waals surface area contributed by atoms with E-state index in [1.807, 2.05) is 0 Å². The Kier molecular flexibility index (Phi) is 3.38. The van der Waals surface area contributed by atoms with Crippen LogP contribution in [0.1, 0.15) is 25.7 Å². The van der Waals surface area contributed by atoms with Gasteiger partial charge in [0.1, 0.15) is 0 Å². The van der Waals surface area contributed by atoms with Crippen LogP contribution in [0.3, 0.4) is 0 Å². The molecule has 0 saturated heterocycles. The van der Waals surface area contributed by atoms with E-state index in [0.29, 0.717) is 12.8 Å². The number of hydrogen-bond donors (Lipinski definition) is 1. The Morgan fingerprint density at radius 3 is 2.14 bits per heavy atom. The fraction of sp³-hybridized carbons (Fsp3) is 1.00. The molecule has 1 aliphatic carbocycles. The van der Waals surface area contributed by atoms with Crippen LogP contribution in [-0.4, -0.2) is 20.0 Å². The van der Waals surface area contributed by atoms with Gasteiger partial charge >= 0.3 is 15.5 Å². The lowest BCUT2D eigenvalue weighted by atomic mass is 10.3. The molecule has 0 aromatic carbocycles. The average molecular weight is 233 g/mol. The summed E-state index contributed by atoms with van der Waals surface area (Å²) in [6, 6.07) is 0. The van der Waals surface area contributed by atoms with E-state index in [1.54, 1.807) is 0 Å². The van der Waals surface area contributed by atoms with E-state index in [1.165, 1.54) is 0 Å². The van der Waals surface area contributed by atoms with E-state index in [2.05, 4.69) is 4.84 Å². The topological polar surface area (TPSA) is 55.4 Å². The Morgan fingerprint density at radius 1 is 1.21 bits per heavy atom. The fourth-order valence-electron chi connectivity index (χ4n) is 1.18. The van der Waals surface area contributed by atoms with E-state index in [-0.39, 0.29) is 0 Å². The minimum atomic E-state index is -5.36.